The van der Waals surface area contributed by atoms with E-state index in [1.807, 2.05) is 56.0 Å². The summed E-state index contributed by atoms with van der Waals surface area (Å²) in [6.07, 6.45) is 0.614. The molecule has 1 aliphatic heterocycles. The summed E-state index contributed by atoms with van der Waals surface area (Å²) in [7, 11) is -2.97. The first-order valence-electron chi connectivity index (χ1n) is 9.23. The van der Waals surface area contributed by atoms with Crippen LogP contribution in [0.1, 0.15) is 26.0 Å². The summed E-state index contributed by atoms with van der Waals surface area (Å²) in [6.45, 7) is 7.07. The van der Waals surface area contributed by atoms with Gasteiger partial charge in [0.05, 0.1) is 23.8 Å². The minimum Gasteiger partial charge on any atom is -0.492 e. The molecule has 7 nitrogen and oxygen atoms in total. The number of nitrogens with one attached hydrogen (secondary N) is 1. The molecule has 1 saturated heterocycles. The number of anilines is 3. The lowest BCUT2D eigenvalue weighted by atomic mass is 10.2. The molecule has 2 heterocycles. The van der Waals surface area contributed by atoms with Gasteiger partial charge >= 0.3 is 0 Å². The Morgan fingerprint density at radius 1 is 1.26 bits per heavy atom. The Kier molecular flexibility index (Phi) is 5.84. The van der Waals surface area contributed by atoms with Gasteiger partial charge in [-0.3, -0.25) is 0 Å². The van der Waals surface area contributed by atoms with Crippen LogP contribution in [-0.4, -0.2) is 49.1 Å². The normalized spacial score (nSPS) is 18.3. The van der Waals surface area contributed by atoms with Crippen molar-refractivity contribution in [2.24, 2.45) is 0 Å². The zero-order chi connectivity index (χ0) is 19.4. The van der Waals surface area contributed by atoms with E-state index in [2.05, 4.69) is 15.3 Å². The predicted octanol–water partition coefficient (Wildman–Crippen LogP) is 2.94. The average molecular weight is 391 g/mol. The molecule has 3 rings (SSSR count). The van der Waals surface area contributed by atoms with E-state index in [1.54, 1.807) is 0 Å². The van der Waals surface area contributed by atoms with Crippen LogP contribution in [0.25, 0.3) is 0 Å². The Labute approximate surface area is 160 Å². The molecule has 1 fully saturated rings. The molecule has 1 unspecified atom stereocenters. The number of para-hydroxylation sites is 2. The highest BCUT2D eigenvalue weighted by Crippen LogP contribution is 2.28. The average Bonchev–Trinajstić information content (AvgIpc) is 2.97. The lowest BCUT2D eigenvalue weighted by Crippen LogP contribution is -2.37. The Morgan fingerprint density at radius 3 is 2.70 bits per heavy atom. The molecule has 1 aromatic carbocycles. The van der Waals surface area contributed by atoms with Crippen LogP contribution in [0.2, 0.25) is 0 Å². The highest BCUT2D eigenvalue weighted by Gasteiger charge is 2.33. The second-order valence-corrected chi connectivity index (χ2v) is 8.82. The van der Waals surface area contributed by atoms with Crippen molar-refractivity contribution in [1.29, 1.82) is 0 Å². The van der Waals surface area contributed by atoms with Crippen LogP contribution < -0.4 is 15.0 Å². The van der Waals surface area contributed by atoms with Crippen LogP contribution in [0.4, 0.5) is 17.5 Å². The third-order valence-corrected chi connectivity index (χ3v) is 6.29. The number of hydrogen-bond acceptors (Lipinski definition) is 7. The maximum absolute atomic E-state index is 11.9. The van der Waals surface area contributed by atoms with Crippen LogP contribution >= 0.6 is 0 Å². The van der Waals surface area contributed by atoms with Crippen molar-refractivity contribution in [2.45, 2.75) is 33.2 Å². The third-order valence-electron chi connectivity index (χ3n) is 4.54. The summed E-state index contributed by atoms with van der Waals surface area (Å²) in [5.41, 5.74) is 1.64. The van der Waals surface area contributed by atoms with Gasteiger partial charge in [0.1, 0.15) is 11.6 Å². The van der Waals surface area contributed by atoms with Crippen molar-refractivity contribution in [3.63, 3.8) is 0 Å². The fourth-order valence-electron chi connectivity index (χ4n) is 3.32. The molecular formula is C19H26N4O3S. The van der Waals surface area contributed by atoms with E-state index in [0.29, 0.717) is 31.3 Å². The predicted molar refractivity (Wildman–Crippen MR) is 108 cm³/mol. The Bertz CT molecular complexity index is 902. The van der Waals surface area contributed by atoms with Crippen molar-refractivity contribution in [2.75, 3.05) is 34.9 Å². The zero-order valence-electron chi connectivity index (χ0n) is 16.0. The second-order valence-electron chi connectivity index (χ2n) is 6.59. The van der Waals surface area contributed by atoms with Crippen LogP contribution in [0.15, 0.2) is 30.3 Å². The first kappa shape index (κ1) is 19.4. The van der Waals surface area contributed by atoms with Gasteiger partial charge in [0.15, 0.2) is 9.84 Å². The van der Waals surface area contributed by atoms with Crippen molar-refractivity contribution in [1.82, 2.24) is 9.97 Å². The van der Waals surface area contributed by atoms with Crippen molar-refractivity contribution in [3.05, 3.63) is 36.0 Å². The number of aromatic nitrogens is 2. The SMILES string of the molecule is CCOc1ccccc1Nc1cc(C)nc(N(CC)C2CCS(=O)(=O)C2)n1. The van der Waals surface area contributed by atoms with Gasteiger partial charge in [-0.2, -0.15) is 4.98 Å². The first-order valence-corrected chi connectivity index (χ1v) is 11.1. The lowest BCUT2D eigenvalue weighted by Gasteiger charge is -2.27. The van der Waals surface area contributed by atoms with Crippen LogP contribution in [-0.2, 0) is 9.84 Å². The number of ether oxygens (including phenoxy) is 1. The van der Waals surface area contributed by atoms with Gasteiger partial charge in [-0.05, 0) is 39.3 Å². The van der Waals surface area contributed by atoms with E-state index >= 15 is 0 Å². The van der Waals surface area contributed by atoms with Crippen LogP contribution in [0.3, 0.4) is 0 Å². The molecule has 1 N–H and O–H groups in total. The quantitative estimate of drug-likeness (QED) is 0.778. The van der Waals surface area contributed by atoms with Gasteiger partial charge in [-0.1, -0.05) is 12.1 Å². The minimum atomic E-state index is -2.97. The van der Waals surface area contributed by atoms with Gasteiger partial charge in [-0.15, -0.1) is 0 Å². The van der Waals surface area contributed by atoms with E-state index in [0.717, 1.165) is 17.1 Å². The molecule has 1 aromatic heterocycles. The van der Waals surface area contributed by atoms with Crippen molar-refractivity contribution < 1.29 is 13.2 Å². The third kappa shape index (κ3) is 4.68. The monoisotopic (exact) mass is 390 g/mol. The van der Waals surface area contributed by atoms with Crippen molar-refractivity contribution >= 4 is 27.3 Å². The molecule has 27 heavy (non-hydrogen) atoms. The molecular weight excluding hydrogens is 364 g/mol. The van der Waals surface area contributed by atoms with Gasteiger partial charge in [0.2, 0.25) is 5.95 Å². The fourth-order valence-corrected chi connectivity index (χ4v) is 5.05. The second kappa shape index (κ2) is 8.12. The Balaban J connectivity index is 1.88. The molecule has 0 spiro atoms. The fraction of sp³-hybridized carbons (Fsp3) is 0.474. The summed E-state index contributed by atoms with van der Waals surface area (Å²) in [6, 6.07) is 9.48. The van der Waals surface area contributed by atoms with Gasteiger partial charge in [0.25, 0.3) is 0 Å². The maximum Gasteiger partial charge on any atom is 0.227 e. The zero-order valence-corrected chi connectivity index (χ0v) is 16.8. The number of hydrogen-bond donors (Lipinski definition) is 1. The first-order chi connectivity index (χ1) is 12.9. The summed E-state index contributed by atoms with van der Waals surface area (Å²) in [5.74, 6) is 2.35. The van der Waals surface area contributed by atoms with E-state index in [1.165, 1.54) is 0 Å². The molecule has 0 radical (unpaired) electrons. The summed E-state index contributed by atoms with van der Waals surface area (Å²) in [4.78, 5) is 11.2. The largest absolute Gasteiger partial charge is 0.492 e. The molecule has 2 aromatic rings. The highest BCUT2D eigenvalue weighted by atomic mass is 32.2. The van der Waals surface area contributed by atoms with E-state index in [4.69, 9.17) is 4.74 Å². The number of sulfone groups is 1. The summed E-state index contributed by atoms with van der Waals surface area (Å²) >= 11 is 0. The Hall–Kier alpha value is -2.35. The summed E-state index contributed by atoms with van der Waals surface area (Å²) < 4.78 is 29.4. The van der Waals surface area contributed by atoms with E-state index in [-0.39, 0.29) is 17.5 Å². The topological polar surface area (TPSA) is 84.4 Å². The molecule has 0 aliphatic carbocycles. The molecule has 8 heteroatoms. The number of benzene rings is 1. The van der Waals surface area contributed by atoms with E-state index < -0.39 is 9.84 Å². The molecule has 0 bridgehead atoms. The Morgan fingerprint density at radius 2 is 2.04 bits per heavy atom. The molecule has 0 amide bonds. The molecule has 1 atom stereocenters. The van der Waals surface area contributed by atoms with Crippen molar-refractivity contribution in [3.8, 4) is 5.75 Å². The lowest BCUT2D eigenvalue weighted by molar-refractivity contribution is 0.342. The molecule has 1 aliphatic rings. The number of aryl methyl sites for hydroxylation is 1. The smallest absolute Gasteiger partial charge is 0.227 e. The van der Waals surface area contributed by atoms with Crippen LogP contribution in [0, 0.1) is 6.92 Å². The van der Waals surface area contributed by atoms with Gasteiger partial charge in [0, 0.05) is 24.3 Å². The number of rotatable bonds is 7. The highest BCUT2D eigenvalue weighted by molar-refractivity contribution is 7.91. The molecule has 0 saturated carbocycles. The van der Waals surface area contributed by atoms with Gasteiger partial charge < -0.3 is 15.0 Å². The van der Waals surface area contributed by atoms with Crippen LogP contribution in [0.5, 0.6) is 5.75 Å². The molecule has 146 valence electrons. The minimum absolute atomic E-state index is 0.0784. The van der Waals surface area contributed by atoms with E-state index in [9.17, 15) is 8.42 Å². The maximum atomic E-state index is 11.9. The summed E-state index contributed by atoms with van der Waals surface area (Å²) in [5, 5.41) is 3.30. The van der Waals surface area contributed by atoms with Gasteiger partial charge in [-0.25, -0.2) is 13.4 Å². The standard InChI is InChI=1S/C19H26N4O3S/c1-4-23(15-10-11-27(24,25)13-15)19-20-14(3)12-18(22-19)21-16-8-6-7-9-17(16)26-5-2/h6-9,12,15H,4-5,10-11,13H2,1-3H3,(H,20,21,22). The number of nitrogens with zero attached hydrogens (tertiary/aromatic N) is 3.